The van der Waals surface area contributed by atoms with Gasteiger partial charge in [0, 0.05) is 6.61 Å². The topological polar surface area (TPSA) is 18.5 Å². The van der Waals surface area contributed by atoms with Crippen LogP contribution >= 0.6 is 0 Å². The minimum Gasteiger partial charge on any atom is -0.497 e. The smallest absolute Gasteiger partial charge is 0.118 e. The highest BCUT2D eigenvalue weighted by Gasteiger charge is 2.09. The van der Waals surface area contributed by atoms with Gasteiger partial charge in [-0.05, 0) is 30.0 Å². The maximum Gasteiger partial charge on any atom is 0.118 e. The number of rotatable bonds is 30. The lowest BCUT2D eigenvalue weighted by Crippen LogP contribution is -2.01. The summed E-state index contributed by atoms with van der Waals surface area (Å²) in [5, 5.41) is 0. The molecule has 2 heteroatoms. The Morgan fingerprint density at radius 3 is 1.28 bits per heavy atom. The van der Waals surface area contributed by atoms with E-state index in [0.29, 0.717) is 6.61 Å². The van der Waals surface area contributed by atoms with Gasteiger partial charge in [0.15, 0.2) is 0 Å². The van der Waals surface area contributed by atoms with Crippen LogP contribution in [-0.2, 0) is 11.3 Å². The molecule has 228 valence electrons. The minimum atomic E-state index is 0.711. The minimum absolute atomic E-state index is 0.711. The van der Waals surface area contributed by atoms with Gasteiger partial charge in [-0.2, -0.15) is 0 Å². The Bertz CT molecular complexity index is 596. The SMILES string of the molecule is CCCCCCCCCCC(CCCCCCCC)CCCCCCCCCCOCc1ccc(OC)cc1. The summed E-state index contributed by atoms with van der Waals surface area (Å²) in [5.74, 6) is 1.92. The Morgan fingerprint density at radius 1 is 0.487 bits per heavy atom. The Hall–Kier alpha value is -1.02. The summed E-state index contributed by atoms with van der Waals surface area (Å²) in [6.45, 7) is 6.23. The van der Waals surface area contributed by atoms with Crippen LogP contribution in [0.3, 0.4) is 0 Å². The highest BCUT2D eigenvalue weighted by molar-refractivity contribution is 5.26. The summed E-state index contributed by atoms with van der Waals surface area (Å²) in [5.41, 5.74) is 1.22. The number of methoxy groups -OCH3 is 1. The summed E-state index contributed by atoms with van der Waals surface area (Å²) in [6, 6.07) is 8.19. The molecule has 39 heavy (non-hydrogen) atoms. The summed E-state index contributed by atoms with van der Waals surface area (Å²) in [7, 11) is 1.71. The van der Waals surface area contributed by atoms with Crippen molar-refractivity contribution in [3.05, 3.63) is 29.8 Å². The second-order valence-corrected chi connectivity index (χ2v) is 12.2. The van der Waals surface area contributed by atoms with Crippen molar-refractivity contribution >= 4 is 0 Å². The molecule has 0 radical (unpaired) electrons. The van der Waals surface area contributed by atoms with Crippen LogP contribution in [0, 0.1) is 5.92 Å². The molecule has 0 saturated carbocycles. The fraction of sp³-hybridized carbons (Fsp3) is 0.838. The lowest BCUT2D eigenvalue weighted by molar-refractivity contribution is 0.116. The quantitative estimate of drug-likeness (QED) is 0.0896. The molecule has 0 saturated heterocycles. The van der Waals surface area contributed by atoms with E-state index in [1.54, 1.807) is 7.11 Å². The van der Waals surface area contributed by atoms with E-state index in [0.717, 1.165) is 18.3 Å². The van der Waals surface area contributed by atoms with Crippen molar-refractivity contribution in [1.82, 2.24) is 0 Å². The second kappa shape index (κ2) is 28.5. The zero-order chi connectivity index (χ0) is 28.1. The first kappa shape index (κ1) is 36.0. The van der Waals surface area contributed by atoms with Crippen molar-refractivity contribution in [1.29, 1.82) is 0 Å². The average molecular weight is 545 g/mol. The zero-order valence-corrected chi connectivity index (χ0v) is 26.8. The number of hydrogen-bond acceptors (Lipinski definition) is 2. The molecular formula is C37H68O2. The molecule has 1 aromatic rings. The van der Waals surface area contributed by atoms with Crippen LogP contribution < -0.4 is 4.74 Å². The molecule has 0 spiro atoms. The van der Waals surface area contributed by atoms with E-state index in [1.807, 2.05) is 12.1 Å². The monoisotopic (exact) mass is 545 g/mol. The first-order valence-corrected chi connectivity index (χ1v) is 17.5. The molecule has 1 rings (SSSR count). The van der Waals surface area contributed by atoms with Crippen LogP contribution in [0.1, 0.15) is 180 Å². The Balaban J connectivity index is 2.01. The third kappa shape index (κ3) is 23.4. The number of benzene rings is 1. The molecule has 2 nitrogen and oxygen atoms in total. The lowest BCUT2D eigenvalue weighted by atomic mass is 9.89. The molecule has 1 unspecified atom stereocenters. The predicted octanol–water partition coefficient (Wildman–Crippen LogP) is 12.6. The molecule has 0 fully saturated rings. The fourth-order valence-electron chi connectivity index (χ4n) is 5.82. The van der Waals surface area contributed by atoms with Gasteiger partial charge in [0.25, 0.3) is 0 Å². The van der Waals surface area contributed by atoms with E-state index in [-0.39, 0.29) is 0 Å². The van der Waals surface area contributed by atoms with E-state index in [4.69, 9.17) is 9.47 Å². The van der Waals surface area contributed by atoms with E-state index < -0.39 is 0 Å². The van der Waals surface area contributed by atoms with Gasteiger partial charge in [-0.15, -0.1) is 0 Å². The van der Waals surface area contributed by atoms with Gasteiger partial charge in [0.05, 0.1) is 13.7 Å². The largest absolute Gasteiger partial charge is 0.497 e. The molecule has 0 N–H and O–H groups in total. The fourth-order valence-corrected chi connectivity index (χ4v) is 5.82. The van der Waals surface area contributed by atoms with E-state index >= 15 is 0 Å². The van der Waals surface area contributed by atoms with Crippen molar-refractivity contribution < 1.29 is 9.47 Å². The molecule has 0 heterocycles. The molecule has 0 bridgehead atoms. The van der Waals surface area contributed by atoms with Crippen molar-refractivity contribution in [2.45, 2.75) is 181 Å². The summed E-state index contributed by atoms with van der Waals surface area (Å²) >= 11 is 0. The first-order chi connectivity index (χ1) is 19.3. The van der Waals surface area contributed by atoms with Crippen LogP contribution in [0.4, 0.5) is 0 Å². The molecular weight excluding hydrogens is 476 g/mol. The number of unbranched alkanes of at least 4 members (excludes halogenated alkanes) is 19. The van der Waals surface area contributed by atoms with E-state index in [1.165, 1.54) is 166 Å². The van der Waals surface area contributed by atoms with Gasteiger partial charge >= 0.3 is 0 Å². The molecule has 0 aromatic heterocycles. The van der Waals surface area contributed by atoms with Gasteiger partial charge in [0.2, 0.25) is 0 Å². The average Bonchev–Trinajstić information content (AvgIpc) is 2.96. The maximum absolute atomic E-state index is 5.85. The normalized spacial score (nSPS) is 12.2. The Kier molecular flexibility index (Phi) is 26.3. The molecule has 0 aliphatic rings. The number of ether oxygens (including phenoxy) is 2. The summed E-state index contributed by atoms with van der Waals surface area (Å²) < 4.78 is 11.1. The summed E-state index contributed by atoms with van der Waals surface area (Å²) in [6.07, 6.45) is 35.8. The van der Waals surface area contributed by atoms with Gasteiger partial charge < -0.3 is 9.47 Å². The third-order valence-electron chi connectivity index (χ3n) is 8.51. The van der Waals surface area contributed by atoms with Crippen molar-refractivity contribution in [3.8, 4) is 5.75 Å². The van der Waals surface area contributed by atoms with Crippen LogP contribution in [0.2, 0.25) is 0 Å². The van der Waals surface area contributed by atoms with Crippen molar-refractivity contribution in [2.75, 3.05) is 13.7 Å². The predicted molar refractivity (Wildman–Crippen MR) is 173 cm³/mol. The number of hydrogen-bond donors (Lipinski definition) is 0. The van der Waals surface area contributed by atoms with Gasteiger partial charge in [0.1, 0.15) is 5.75 Å². The highest BCUT2D eigenvalue weighted by atomic mass is 16.5. The second-order valence-electron chi connectivity index (χ2n) is 12.2. The van der Waals surface area contributed by atoms with Crippen LogP contribution in [0.25, 0.3) is 0 Å². The van der Waals surface area contributed by atoms with Crippen molar-refractivity contribution in [3.63, 3.8) is 0 Å². The van der Waals surface area contributed by atoms with Crippen molar-refractivity contribution in [2.24, 2.45) is 5.92 Å². The van der Waals surface area contributed by atoms with Crippen LogP contribution in [0.5, 0.6) is 5.75 Å². The van der Waals surface area contributed by atoms with Crippen LogP contribution in [-0.4, -0.2) is 13.7 Å². The molecule has 1 aromatic carbocycles. The van der Waals surface area contributed by atoms with E-state index in [9.17, 15) is 0 Å². The lowest BCUT2D eigenvalue weighted by Gasteiger charge is -2.17. The highest BCUT2D eigenvalue weighted by Crippen LogP contribution is 2.25. The Morgan fingerprint density at radius 2 is 0.872 bits per heavy atom. The first-order valence-electron chi connectivity index (χ1n) is 17.5. The molecule has 0 amide bonds. The third-order valence-corrected chi connectivity index (χ3v) is 8.51. The van der Waals surface area contributed by atoms with Gasteiger partial charge in [-0.25, -0.2) is 0 Å². The van der Waals surface area contributed by atoms with Gasteiger partial charge in [-0.1, -0.05) is 180 Å². The molecule has 0 aliphatic heterocycles. The van der Waals surface area contributed by atoms with E-state index in [2.05, 4.69) is 26.0 Å². The molecule has 0 aliphatic carbocycles. The standard InChI is InChI=1S/C37H68O2/c1-4-6-8-10-12-15-19-23-27-35(26-22-18-11-9-7-5-2)28-24-20-16-13-14-17-21-25-33-39-34-36-29-31-37(38-3)32-30-36/h29-32,35H,4-28,33-34H2,1-3H3. The van der Waals surface area contributed by atoms with Crippen LogP contribution in [0.15, 0.2) is 24.3 Å². The summed E-state index contributed by atoms with van der Waals surface area (Å²) in [4.78, 5) is 0. The zero-order valence-electron chi connectivity index (χ0n) is 26.8. The molecule has 1 atom stereocenters. The maximum atomic E-state index is 5.85. The Labute approximate surface area is 245 Å². The van der Waals surface area contributed by atoms with Gasteiger partial charge in [-0.3, -0.25) is 0 Å².